The SMILES string of the molecule is CCCCCCC[N+](CCCC)(CCCC)CCCC.O=C([O-])c1c(F)c(F)c(F)c(F)c1F. The highest BCUT2D eigenvalue weighted by Crippen LogP contribution is 2.22. The zero-order valence-electron chi connectivity index (χ0n) is 21.3. The third kappa shape index (κ3) is 10.7. The van der Waals surface area contributed by atoms with Crippen molar-refractivity contribution in [2.24, 2.45) is 0 Å². The van der Waals surface area contributed by atoms with E-state index in [0.717, 1.165) is 0 Å². The van der Waals surface area contributed by atoms with Gasteiger partial charge in [0, 0.05) is 0 Å². The van der Waals surface area contributed by atoms with E-state index < -0.39 is 40.6 Å². The van der Waals surface area contributed by atoms with Gasteiger partial charge >= 0.3 is 0 Å². The molecule has 0 aliphatic heterocycles. The lowest BCUT2D eigenvalue weighted by molar-refractivity contribution is -0.929. The van der Waals surface area contributed by atoms with Gasteiger partial charge in [-0.05, 0) is 32.1 Å². The molecule has 0 aliphatic carbocycles. The van der Waals surface area contributed by atoms with E-state index >= 15 is 0 Å². The van der Waals surface area contributed by atoms with E-state index in [9.17, 15) is 31.9 Å². The fourth-order valence-electron chi connectivity index (χ4n) is 3.99. The number of carboxylic acids is 1. The average molecular weight is 496 g/mol. The highest BCUT2D eigenvalue weighted by Gasteiger charge is 2.26. The van der Waals surface area contributed by atoms with Gasteiger partial charge in [0.25, 0.3) is 0 Å². The molecule has 0 aliphatic rings. The van der Waals surface area contributed by atoms with E-state index in [-0.39, 0.29) is 0 Å². The summed E-state index contributed by atoms with van der Waals surface area (Å²) in [5.41, 5.74) is -1.97. The number of quaternary nitrogens is 1. The third-order valence-electron chi connectivity index (χ3n) is 6.11. The Balaban J connectivity index is 0.000000679. The van der Waals surface area contributed by atoms with Crippen molar-refractivity contribution in [3.8, 4) is 0 Å². The minimum absolute atomic E-state index is 1.36. The van der Waals surface area contributed by atoms with E-state index in [1.165, 1.54) is 101 Å². The van der Waals surface area contributed by atoms with Crippen LogP contribution in [-0.2, 0) is 0 Å². The molecule has 0 saturated heterocycles. The van der Waals surface area contributed by atoms with E-state index in [1.54, 1.807) is 0 Å². The fraction of sp³-hybridized carbons (Fsp3) is 0.731. The molecule has 0 atom stereocenters. The normalized spacial score (nSPS) is 11.3. The number of hydrogen-bond donors (Lipinski definition) is 0. The number of carbonyl (C=O) groups is 1. The largest absolute Gasteiger partial charge is 0.545 e. The van der Waals surface area contributed by atoms with Crippen LogP contribution in [-0.4, -0.2) is 36.6 Å². The van der Waals surface area contributed by atoms with Crippen molar-refractivity contribution in [3.05, 3.63) is 34.6 Å². The van der Waals surface area contributed by atoms with E-state index in [1.807, 2.05) is 0 Å². The Morgan fingerprint density at radius 3 is 1.24 bits per heavy atom. The zero-order chi connectivity index (χ0) is 26.1. The van der Waals surface area contributed by atoms with Crippen LogP contribution in [0.5, 0.6) is 0 Å². The Labute approximate surface area is 201 Å². The van der Waals surface area contributed by atoms with Crippen molar-refractivity contribution in [1.29, 1.82) is 0 Å². The van der Waals surface area contributed by atoms with E-state index in [4.69, 9.17) is 0 Å². The summed E-state index contributed by atoms with van der Waals surface area (Å²) in [6.07, 6.45) is 15.5. The summed E-state index contributed by atoms with van der Waals surface area (Å²) in [7, 11) is 0. The van der Waals surface area contributed by atoms with Crippen LogP contribution in [0.4, 0.5) is 22.0 Å². The Morgan fingerprint density at radius 2 is 0.882 bits per heavy atom. The molecule has 0 amide bonds. The quantitative estimate of drug-likeness (QED) is 0.0821. The molecule has 0 saturated carbocycles. The summed E-state index contributed by atoms with van der Waals surface area (Å²) in [6, 6.07) is 0. The Bertz CT molecular complexity index is 677. The third-order valence-corrected chi connectivity index (χ3v) is 6.11. The molecule has 1 aromatic carbocycles. The molecule has 0 heterocycles. The molecule has 0 spiro atoms. The average Bonchev–Trinajstić information content (AvgIpc) is 2.82. The van der Waals surface area contributed by atoms with Gasteiger partial charge in [-0.1, -0.05) is 66.2 Å². The van der Waals surface area contributed by atoms with Gasteiger partial charge in [0.05, 0.1) is 37.7 Å². The molecular formula is C26H42F5NO2. The monoisotopic (exact) mass is 495 g/mol. The number of halogens is 5. The van der Waals surface area contributed by atoms with Crippen LogP contribution >= 0.6 is 0 Å². The minimum atomic E-state index is -2.47. The lowest BCUT2D eigenvalue weighted by Gasteiger charge is -2.39. The number of aromatic carboxylic acids is 1. The Morgan fingerprint density at radius 1 is 0.559 bits per heavy atom. The molecule has 0 unspecified atom stereocenters. The van der Waals surface area contributed by atoms with Crippen LogP contribution < -0.4 is 5.11 Å². The molecule has 0 radical (unpaired) electrons. The minimum Gasteiger partial charge on any atom is -0.545 e. The molecule has 3 nitrogen and oxygen atoms in total. The van der Waals surface area contributed by atoms with Gasteiger partial charge in [0.2, 0.25) is 5.82 Å². The highest BCUT2D eigenvalue weighted by molar-refractivity contribution is 5.86. The topological polar surface area (TPSA) is 40.1 Å². The predicted octanol–water partition coefficient (Wildman–Crippen LogP) is 6.92. The van der Waals surface area contributed by atoms with Gasteiger partial charge < -0.3 is 14.4 Å². The number of benzene rings is 1. The molecule has 0 N–H and O–H groups in total. The molecule has 1 rings (SSSR count). The Kier molecular flexibility index (Phi) is 16.8. The first-order chi connectivity index (χ1) is 16.1. The number of rotatable bonds is 16. The number of carboxylic acid groups (broad SMARTS) is 1. The maximum Gasteiger partial charge on any atom is 0.200 e. The standard InChI is InChI=1S/C19H42N.C7HF5O2/c1-5-9-13-14-15-19-20(16-10-6-2,17-11-7-3)18-12-8-4;8-2-1(7(13)14)3(9)5(11)6(12)4(2)10/h5-19H2,1-4H3;(H,13,14)/q+1;/p-1. The van der Waals surface area contributed by atoms with Crippen LogP contribution in [0.2, 0.25) is 0 Å². The summed E-state index contributed by atoms with van der Waals surface area (Å²) in [5.74, 6) is -14.4. The molecule has 0 fully saturated rings. The van der Waals surface area contributed by atoms with Crippen molar-refractivity contribution < 1.29 is 36.3 Å². The van der Waals surface area contributed by atoms with E-state index in [2.05, 4.69) is 27.7 Å². The predicted molar refractivity (Wildman–Crippen MR) is 124 cm³/mol. The summed E-state index contributed by atoms with van der Waals surface area (Å²) < 4.78 is 63.4. The molecule has 198 valence electrons. The van der Waals surface area contributed by atoms with Crippen molar-refractivity contribution >= 4 is 5.97 Å². The van der Waals surface area contributed by atoms with Crippen LogP contribution in [0.25, 0.3) is 0 Å². The number of carbonyl (C=O) groups excluding carboxylic acids is 1. The summed E-state index contributed by atoms with van der Waals surface area (Å²) >= 11 is 0. The van der Waals surface area contributed by atoms with Crippen LogP contribution in [0, 0.1) is 29.1 Å². The molecule has 1 aromatic rings. The second kappa shape index (κ2) is 17.7. The number of hydrogen-bond acceptors (Lipinski definition) is 2. The fourth-order valence-corrected chi connectivity index (χ4v) is 3.99. The lowest BCUT2D eigenvalue weighted by atomic mass is 10.1. The highest BCUT2D eigenvalue weighted by atomic mass is 19.2. The summed E-state index contributed by atoms with van der Waals surface area (Å²) in [6.45, 7) is 15.1. The first-order valence-electron chi connectivity index (χ1n) is 12.7. The van der Waals surface area contributed by atoms with Gasteiger partial charge in [-0.2, -0.15) is 0 Å². The lowest BCUT2D eigenvalue weighted by Crippen LogP contribution is -2.50. The van der Waals surface area contributed by atoms with Crippen LogP contribution in [0.1, 0.15) is 109 Å². The maximum atomic E-state index is 12.5. The summed E-state index contributed by atoms with van der Waals surface area (Å²) in [5, 5.41) is 10.0. The summed E-state index contributed by atoms with van der Waals surface area (Å²) in [4.78, 5) is 10.0. The van der Waals surface area contributed by atoms with Crippen molar-refractivity contribution in [2.45, 2.75) is 98.3 Å². The second-order valence-electron chi connectivity index (χ2n) is 8.94. The van der Waals surface area contributed by atoms with Crippen molar-refractivity contribution in [1.82, 2.24) is 0 Å². The molecule has 0 aromatic heterocycles. The molecular weight excluding hydrogens is 453 g/mol. The van der Waals surface area contributed by atoms with Crippen molar-refractivity contribution in [3.63, 3.8) is 0 Å². The first-order valence-corrected chi connectivity index (χ1v) is 12.7. The number of nitrogens with zero attached hydrogens (tertiary/aromatic N) is 1. The molecule has 8 heteroatoms. The van der Waals surface area contributed by atoms with Crippen molar-refractivity contribution in [2.75, 3.05) is 26.2 Å². The Hall–Kier alpha value is -1.70. The van der Waals surface area contributed by atoms with E-state index in [0.29, 0.717) is 0 Å². The molecule has 0 bridgehead atoms. The van der Waals surface area contributed by atoms with Gasteiger partial charge in [-0.15, -0.1) is 0 Å². The van der Waals surface area contributed by atoms with Gasteiger partial charge in [0.15, 0.2) is 23.3 Å². The molecule has 34 heavy (non-hydrogen) atoms. The second-order valence-corrected chi connectivity index (χ2v) is 8.94. The zero-order valence-corrected chi connectivity index (χ0v) is 21.3. The number of unbranched alkanes of at least 4 members (excludes halogenated alkanes) is 7. The van der Waals surface area contributed by atoms with Gasteiger partial charge in [-0.25, -0.2) is 22.0 Å². The van der Waals surface area contributed by atoms with Gasteiger partial charge in [-0.3, -0.25) is 0 Å². The van der Waals surface area contributed by atoms with Gasteiger partial charge in [0.1, 0.15) is 0 Å². The first kappa shape index (κ1) is 32.3. The van der Waals surface area contributed by atoms with Crippen LogP contribution in [0.3, 0.4) is 0 Å². The maximum absolute atomic E-state index is 12.5. The smallest absolute Gasteiger partial charge is 0.200 e. The van der Waals surface area contributed by atoms with Crippen LogP contribution in [0.15, 0.2) is 0 Å².